The van der Waals surface area contributed by atoms with E-state index in [2.05, 4.69) is 15.0 Å². The van der Waals surface area contributed by atoms with Crippen LogP contribution in [0.5, 0.6) is 11.5 Å². The van der Waals surface area contributed by atoms with Crippen LogP contribution in [0, 0.1) is 0 Å². The fourth-order valence-corrected chi connectivity index (χ4v) is 2.26. The van der Waals surface area contributed by atoms with Crippen LogP contribution in [0.15, 0.2) is 67.0 Å². The van der Waals surface area contributed by atoms with Gasteiger partial charge in [0.1, 0.15) is 11.5 Å². The zero-order valence-electron chi connectivity index (χ0n) is 12.8. The first-order valence-electron chi connectivity index (χ1n) is 7.26. The summed E-state index contributed by atoms with van der Waals surface area (Å²) in [6.45, 7) is 0. The maximum absolute atomic E-state index is 12.2. The van der Waals surface area contributed by atoms with Crippen LogP contribution in [0.1, 0.15) is 0 Å². The van der Waals surface area contributed by atoms with E-state index in [1.165, 1.54) is 24.3 Å². The summed E-state index contributed by atoms with van der Waals surface area (Å²) in [6.07, 6.45) is -1.47. The Morgan fingerprint density at radius 1 is 0.880 bits per heavy atom. The van der Waals surface area contributed by atoms with Gasteiger partial charge in [-0.05, 0) is 48.0 Å². The van der Waals surface area contributed by atoms with Crippen molar-refractivity contribution < 1.29 is 23.0 Å². The van der Waals surface area contributed by atoms with E-state index in [0.717, 1.165) is 11.1 Å². The van der Waals surface area contributed by atoms with E-state index < -0.39 is 6.36 Å². The summed E-state index contributed by atoms with van der Waals surface area (Å²) < 4.78 is 40.3. The summed E-state index contributed by atoms with van der Waals surface area (Å²) in [4.78, 5) is 4.14. The van der Waals surface area contributed by atoms with Gasteiger partial charge in [-0.15, -0.1) is 13.2 Å². The van der Waals surface area contributed by atoms with Crippen molar-refractivity contribution in [1.82, 2.24) is 4.98 Å². The Morgan fingerprint density at radius 2 is 1.64 bits per heavy atom. The third kappa shape index (κ3) is 4.63. The zero-order chi connectivity index (χ0) is 17.9. The summed E-state index contributed by atoms with van der Waals surface area (Å²) in [5, 5.41) is 12.6. The van der Waals surface area contributed by atoms with Crippen LogP contribution >= 0.6 is 0 Å². The molecule has 0 fully saturated rings. The number of phenolic OH excluding ortho intramolecular Hbond substituents is 1. The highest BCUT2D eigenvalue weighted by Gasteiger charge is 2.30. The third-order valence-corrected chi connectivity index (χ3v) is 3.29. The number of aromatic nitrogens is 1. The number of halogens is 3. The molecule has 0 saturated carbocycles. The van der Waals surface area contributed by atoms with E-state index in [1.807, 2.05) is 12.1 Å². The van der Waals surface area contributed by atoms with Crippen molar-refractivity contribution in [2.45, 2.75) is 6.36 Å². The topological polar surface area (TPSA) is 54.4 Å². The van der Waals surface area contributed by atoms with E-state index >= 15 is 0 Å². The van der Waals surface area contributed by atoms with Crippen LogP contribution < -0.4 is 10.1 Å². The molecular formula is C18H13F3N2O2. The summed E-state index contributed by atoms with van der Waals surface area (Å²) in [5.74, 6) is -0.138. The van der Waals surface area contributed by atoms with Gasteiger partial charge in [0, 0.05) is 17.4 Å². The number of benzene rings is 2. The molecule has 2 N–H and O–H groups in total. The van der Waals surface area contributed by atoms with Crippen molar-refractivity contribution in [2.24, 2.45) is 0 Å². The molecule has 25 heavy (non-hydrogen) atoms. The molecule has 0 bridgehead atoms. The maximum Gasteiger partial charge on any atom is 0.573 e. The Balaban J connectivity index is 1.76. The van der Waals surface area contributed by atoms with Crippen LogP contribution in [-0.2, 0) is 0 Å². The fourth-order valence-electron chi connectivity index (χ4n) is 2.26. The molecule has 0 spiro atoms. The van der Waals surface area contributed by atoms with Crippen LogP contribution in [0.4, 0.5) is 24.5 Å². The van der Waals surface area contributed by atoms with Gasteiger partial charge in [0.05, 0.1) is 11.9 Å². The Morgan fingerprint density at radius 3 is 2.32 bits per heavy atom. The van der Waals surface area contributed by atoms with Gasteiger partial charge in [0.2, 0.25) is 0 Å². The van der Waals surface area contributed by atoms with E-state index in [-0.39, 0.29) is 11.5 Å². The minimum atomic E-state index is -4.71. The number of hydrogen-bond acceptors (Lipinski definition) is 4. The Hall–Kier alpha value is -3.22. The van der Waals surface area contributed by atoms with Crippen molar-refractivity contribution in [1.29, 1.82) is 0 Å². The summed E-state index contributed by atoms with van der Waals surface area (Å²) in [7, 11) is 0. The molecule has 0 aliphatic carbocycles. The number of anilines is 2. The van der Waals surface area contributed by atoms with Crippen LogP contribution in [-0.4, -0.2) is 16.5 Å². The molecule has 4 nitrogen and oxygen atoms in total. The quantitative estimate of drug-likeness (QED) is 0.690. The molecule has 128 valence electrons. The lowest BCUT2D eigenvalue weighted by Crippen LogP contribution is -2.16. The maximum atomic E-state index is 12.2. The number of hydrogen-bond donors (Lipinski definition) is 2. The average Bonchev–Trinajstić information content (AvgIpc) is 2.56. The predicted octanol–water partition coefficient (Wildman–Crippen LogP) is 5.10. The lowest BCUT2D eigenvalue weighted by atomic mass is 10.1. The molecule has 0 atom stereocenters. The first-order chi connectivity index (χ1) is 11.9. The Kier molecular flexibility index (Phi) is 4.47. The highest BCUT2D eigenvalue weighted by molar-refractivity contribution is 5.70. The van der Waals surface area contributed by atoms with Gasteiger partial charge in [-0.1, -0.05) is 12.1 Å². The molecule has 0 aliphatic heterocycles. The smallest absolute Gasteiger partial charge is 0.508 e. The van der Waals surface area contributed by atoms with Crippen molar-refractivity contribution in [3.8, 4) is 22.6 Å². The normalized spacial score (nSPS) is 11.2. The number of aromatic hydroxyl groups is 1. The first-order valence-corrected chi connectivity index (χ1v) is 7.26. The molecule has 0 radical (unpaired) electrons. The Bertz CT molecular complexity index is 865. The Labute approximate surface area is 141 Å². The minimum Gasteiger partial charge on any atom is -0.508 e. The summed E-state index contributed by atoms with van der Waals surface area (Å²) in [6, 6.07) is 14.0. The van der Waals surface area contributed by atoms with Gasteiger partial charge in [0.25, 0.3) is 0 Å². The highest BCUT2D eigenvalue weighted by Crippen LogP contribution is 2.28. The molecule has 0 saturated heterocycles. The van der Waals surface area contributed by atoms with E-state index in [0.29, 0.717) is 11.4 Å². The number of pyridine rings is 1. The first kappa shape index (κ1) is 16.6. The number of alkyl halides is 3. The number of phenols is 1. The molecule has 0 unspecified atom stereocenters. The van der Waals surface area contributed by atoms with Crippen LogP contribution in [0.25, 0.3) is 11.1 Å². The van der Waals surface area contributed by atoms with Crippen molar-refractivity contribution in [2.75, 3.05) is 5.32 Å². The van der Waals surface area contributed by atoms with Gasteiger partial charge < -0.3 is 15.2 Å². The minimum absolute atomic E-state index is 0.149. The second-order valence-corrected chi connectivity index (χ2v) is 5.21. The number of rotatable bonds is 4. The molecule has 1 heterocycles. The standard InChI is InChI=1S/C18H13F3N2O2/c19-18(20,21)25-17-6-4-14(5-7-17)23-15-8-13(10-22-11-15)12-2-1-3-16(24)9-12/h1-11,23-24H. The lowest BCUT2D eigenvalue weighted by Gasteiger charge is -2.11. The monoisotopic (exact) mass is 346 g/mol. The third-order valence-electron chi connectivity index (χ3n) is 3.29. The number of nitrogens with zero attached hydrogens (tertiary/aromatic N) is 1. The molecule has 7 heteroatoms. The van der Waals surface area contributed by atoms with Gasteiger partial charge in [0.15, 0.2) is 0 Å². The predicted molar refractivity (Wildman–Crippen MR) is 87.7 cm³/mol. The molecule has 0 amide bonds. The molecular weight excluding hydrogens is 333 g/mol. The largest absolute Gasteiger partial charge is 0.573 e. The number of nitrogens with one attached hydrogen (secondary N) is 1. The van der Waals surface area contributed by atoms with Crippen molar-refractivity contribution >= 4 is 11.4 Å². The summed E-state index contributed by atoms with van der Waals surface area (Å²) >= 11 is 0. The van der Waals surface area contributed by atoms with Crippen molar-refractivity contribution in [3.63, 3.8) is 0 Å². The lowest BCUT2D eigenvalue weighted by molar-refractivity contribution is -0.274. The van der Waals surface area contributed by atoms with Gasteiger partial charge >= 0.3 is 6.36 Å². The number of ether oxygens (including phenoxy) is 1. The molecule has 0 aliphatic rings. The zero-order valence-corrected chi connectivity index (χ0v) is 12.8. The molecule has 3 rings (SSSR count). The van der Waals surface area contributed by atoms with E-state index in [4.69, 9.17) is 0 Å². The van der Waals surface area contributed by atoms with Crippen LogP contribution in [0.3, 0.4) is 0 Å². The average molecular weight is 346 g/mol. The molecule has 2 aromatic carbocycles. The second-order valence-electron chi connectivity index (χ2n) is 5.21. The molecule has 3 aromatic rings. The fraction of sp³-hybridized carbons (Fsp3) is 0.0556. The van der Waals surface area contributed by atoms with Gasteiger partial charge in [-0.2, -0.15) is 0 Å². The SMILES string of the molecule is Oc1cccc(-c2cncc(Nc3ccc(OC(F)(F)F)cc3)c2)c1. The molecule has 1 aromatic heterocycles. The van der Waals surface area contributed by atoms with Gasteiger partial charge in [-0.3, -0.25) is 4.98 Å². The summed E-state index contributed by atoms with van der Waals surface area (Å²) in [5.41, 5.74) is 2.83. The van der Waals surface area contributed by atoms with E-state index in [9.17, 15) is 18.3 Å². The highest BCUT2D eigenvalue weighted by atomic mass is 19.4. The van der Waals surface area contributed by atoms with E-state index in [1.54, 1.807) is 30.6 Å². The second kappa shape index (κ2) is 6.72. The van der Waals surface area contributed by atoms with Gasteiger partial charge in [-0.25, -0.2) is 0 Å². The van der Waals surface area contributed by atoms with Crippen molar-refractivity contribution in [3.05, 3.63) is 67.0 Å². The van der Waals surface area contributed by atoms with Crippen LogP contribution in [0.2, 0.25) is 0 Å².